The van der Waals surface area contributed by atoms with E-state index >= 15 is 0 Å². The Labute approximate surface area is 128 Å². The van der Waals surface area contributed by atoms with Gasteiger partial charge in [-0.1, -0.05) is 39.3 Å². The lowest BCUT2D eigenvalue weighted by Crippen LogP contribution is -2.30. The number of carbonyl (C=O) groups excluding carboxylic acids is 1. The molecule has 2 atom stereocenters. The molecule has 1 saturated carbocycles. The zero-order chi connectivity index (χ0) is 15.5. The molecule has 0 bridgehead atoms. The average Bonchev–Trinajstić information content (AvgIpc) is 2.79. The summed E-state index contributed by atoms with van der Waals surface area (Å²) in [5.74, 6) is 0.308. The van der Waals surface area contributed by atoms with Crippen molar-refractivity contribution in [3.63, 3.8) is 0 Å². The number of carbonyl (C=O) groups is 1. The molecule has 0 saturated heterocycles. The van der Waals surface area contributed by atoms with Crippen molar-refractivity contribution >= 4 is 11.6 Å². The minimum Gasteiger partial charge on any atom is -0.326 e. The summed E-state index contributed by atoms with van der Waals surface area (Å²) in [5, 5.41) is 6.47. The van der Waals surface area contributed by atoms with Crippen LogP contribution in [0.4, 0.5) is 5.69 Å². The highest BCUT2D eigenvalue weighted by molar-refractivity contribution is 5.93. The number of anilines is 1. The summed E-state index contributed by atoms with van der Waals surface area (Å²) < 4.78 is 0. The van der Waals surface area contributed by atoms with Crippen LogP contribution in [0.15, 0.2) is 24.3 Å². The first-order chi connectivity index (χ1) is 9.94. The van der Waals surface area contributed by atoms with Crippen LogP contribution in [0.3, 0.4) is 0 Å². The molecule has 2 unspecified atom stereocenters. The topological polar surface area (TPSA) is 41.1 Å². The van der Waals surface area contributed by atoms with Gasteiger partial charge in [0.1, 0.15) is 0 Å². The zero-order valence-corrected chi connectivity index (χ0v) is 13.7. The SMILES string of the molecule is CCNC(C)c1ccc(NC(=O)C2CCCC2(C)C)cc1. The quantitative estimate of drug-likeness (QED) is 0.855. The van der Waals surface area contributed by atoms with Gasteiger partial charge in [-0.05, 0) is 49.4 Å². The normalized spacial score (nSPS) is 22.0. The standard InChI is InChI=1S/C18H28N2O/c1-5-19-13(2)14-8-10-15(11-9-14)20-17(21)16-7-6-12-18(16,3)4/h8-11,13,16,19H,5-7,12H2,1-4H3,(H,20,21). The van der Waals surface area contributed by atoms with Crippen LogP contribution in [-0.4, -0.2) is 12.5 Å². The largest absolute Gasteiger partial charge is 0.326 e. The number of hydrogen-bond donors (Lipinski definition) is 2. The molecule has 1 aliphatic rings. The Hall–Kier alpha value is -1.35. The van der Waals surface area contributed by atoms with Gasteiger partial charge in [0.05, 0.1) is 0 Å². The molecule has 0 aliphatic heterocycles. The van der Waals surface area contributed by atoms with Gasteiger partial charge in [-0.15, -0.1) is 0 Å². The molecule has 1 amide bonds. The van der Waals surface area contributed by atoms with E-state index in [1.54, 1.807) is 0 Å². The third-order valence-corrected chi connectivity index (χ3v) is 4.76. The minimum atomic E-state index is 0.129. The van der Waals surface area contributed by atoms with Crippen LogP contribution in [0, 0.1) is 11.3 Å². The summed E-state index contributed by atoms with van der Waals surface area (Å²) in [6.07, 6.45) is 3.31. The van der Waals surface area contributed by atoms with Crippen LogP contribution in [0.2, 0.25) is 0 Å². The summed E-state index contributed by atoms with van der Waals surface area (Å²) in [4.78, 5) is 12.4. The molecule has 0 spiro atoms. The van der Waals surface area contributed by atoms with E-state index in [-0.39, 0.29) is 17.2 Å². The lowest BCUT2D eigenvalue weighted by molar-refractivity contribution is -0.122. The molecule has 1 aromatic carbocycles. The highest BCUT2D eigenvalue weighted by Gasteiger charge is 2.39. The third kappa shape index (κ3) is 3.85. The van der Waals surface area contributed by atoms with Crippen molar-refractivity contribution in [3.8, 4) is 0 Å². The van der Waals surface area contributed by atoms with Crippen LogP contribution in [0.25, 0.3) is 0 Å². The molecule has 1 fully saturated rings. The summed E-state index contributed by atoms with van der Waals surface area (Å²) in [6, 6.07) is 8.52. The minimum absolute atomic E-state index is 0.129. The molecule has 2 rings (SSSR count). The van der Waals surface area contributed by atoms with Crippen LogP contribution in [-0.2, 0) is 4.79 Å². The Kier molecular flexibility index (Phi) is 5.04. The molecule has 116 valence electrons. The van der Waals surface area contributed by atoms with E-state index in [1.165, 1.54) is 5.56 Å². The van der Waals surface area contributed by atoms with E-state index < -0.39 is 0 Å². The van der Waals surface area contributed by atoms with Crippen molar-refractivity contribution < 1.29 is 4.79 Å². The van der Waals surface area contributed by atoms with Crippen molar-refractivity contribution in [1.29, 1.82) is 0 Å². The van der Waals surface area contributed by atoms with E-state index in [1.807, 2.05) is 12.1 Å². The van der Waals surface area contributed by atoms with Crippen molar-refractivity contribution in [2.24, 2.45) is 11.3 Å². The van der Waals surface area contributed by atoms with Gasteiger partial charge < -0.3 is 10.6 Å². The molecule has 1 aromatic rings. The van der Waals surface area contributed by atoms with Gasteiger partial charge in [0.2, 0.25) is 5.91 Å². The molecule has 3 nitrogen and oxygen atoms in total. The fourth-order valence-corrected chi connectivity index (χ4v) is 3.32. The molecule has 3 heteroatoms. The maximum atomic E-state index is 12.4. The Morgan fingerprint density at radius 2 is 2.00 bits per heavy atom. The van der Waals surface area contributed by atoms with E-state index in [4.69, 9.17) is 0 Å². The predicted octanol–water partition coefficient (Wildman–Crippen LogP) is 4.12. The fourth-order valence-electron chi connectivity index (χ4n) is 3.32. The van der Waals surface area contributed by atoms with Gasteiger partial charge in [0, 0.05) is 17.6 Å². The van der Waals surface area contributed by atoms with E-state index in [9.17, 15) is 4.79 Å². The number of nitrogens with one attached hydrogen (secondary N) is 2. The molecule has 0 heterocycles. The van der Waals surface area contributed by atoms with Gasteiger partial charge in [-0.2, -0.15) is 0 Å². The van der Waals surface area contributed by atoms with Gasteiger partial charge in [0.15, 0.2) is 0 Å². The van der Waals surface area contributed by atoms with E-state index in [0.717, 1.165) is 31.5 Å². The third-order valence-electron chi connectivity index (χ3n) is 4.76. The van der Waals surface area contributed by atoms with Gasteiger partial charge >= 0.3 is 0 Å². The average molecular weight is 288 g/mol. The Morgan fingerprint density at radius 1 is 1.33 bits per heavy atom. The second kappa shape index (κ2) is 6.61. The van der Waals surface area contributed by atoms with Crippen molar-refractivity contribution in [2.45, 2.75) is 53.0 Å². The van der Waals surface area contributed by atoms with Gasteiger partial charge in [0.25, 0.3) is 0 Å². The lowest BCUT2D eigenvalue weighted by atomic mass is 9.81. The predicted molar refractivity (Wildman–Crippen MR) is 88.3 cm³/mol. The van der Waals surface area contributed by atoms with E-state index in [0.29, 0.717) is 6.04 Å². The first-order valence-corrected chi connectivity index (χ1v) is 8.08. The molecular weight excluding hydrogens is 260 g/mol. The second-order valence-corrected chi connectivity index (χ2v) is 6.82. The van der Waals surface area contributed by atoms with Gasteiger partial charge in [-0.25, -0.2) is 0 Å². The highest BCUT2D eigenvalue weighted by Crippen LogP contribution is 2.43. The zero-order valence-electron chi connectivity index (χ0n) is 13.7. The summed E-state index contributed by atoms with van der Waals surface area (Å²) in [5.41, 5.74) is 2.27. The smallest absolute Gasteiger partial charge is 0.228 e. The maximum absolute atomic E-state index is 12.4. The lowest BCUT2D eigenvalue weighted by Gasteiger charge is -2.26. The van der Waals surface area contributed by atoms with Crippen LogP contribution < -0.4 is 10.6 Å². The molecule has 0 radical (unpaired) electrons. The Morgan fingerprint density at radius 3 is 2.52 bits per heavy atom. The first kappa shape index (κ1) is 16.0. The highest BCUT2D eigenvalue weighted by atomic mass is 16.1. The molecular formula is C18H28N2O. The number of amides is 1. The van der Waals surface area contributed by atoms with Crippen LogP contribution in [0.5, 0.6) is 0 Å². The Balaban J connectivity index is 1.99. The van der Waals surface area contributed by atoms with Crippen molar-refractivity contribution in [3.05, 3.63) is 29.8 Å². The number of rotatable bonds is 5. The van der Waals surface area contributed by atoms with Crippen LogP contribution >= 0.6 is 0 Å². The number of hydrogen-bond acceptors (Lipinski definition) is 2. The Bertz CT molecular complexity index is 478. The molecule has 2 N–H and O–H groups in total. The molecule has 0 aromatic heterocycles. The monoisotopic (exact) mass is 288 g/mol. The first-order valence-electron chi connectivity index (χ1n) is 8.08. The number of benzene rings is 1. The van der Waals surface area contributed by atoms with Crippen LogP contribution in [0.1, 0.15) is 58.6 Å². The maximum Gasteiger partial charge on any atom is 0.228 e. The fraction of sp³-hybridized carbons (Fsp3) is 0.611. The summed E-state index contributed by atoms with van der Waals surface area (Å²) in [6.45, 7) is 9.61. The van der Waals surface area contributed by atoms with E-state index in [2.05, 4.69) is 50.5 Å². The van der Waals surface area contributed by atoms with Crippen molar-refractivity contribution in [1.82, 2.24) is 5.32 Å². The molecule has 21 heavy (non-hydrogen) atoms. The second-order valence-electron chi connectivity index (χ2n) is 6.82. The molecule has 1 aliphatic carbocycles. The van der Waals surface area contributed by atoms with Gasteiger partial charge in [-0.3, -0.25) is 4.79 Å². The van der Waals surface area contributed by atoms with Crippen molar-refractivity contribution in [2.75, 3.05) is 11.9 Å². The summed E-state index contributed by atoms with van der Waals surface area (Å²) >= 11 is 0. The summed E-state index contributed by atoms with van der Waals surface area (Å²) in [7, 11) is 0.